The van der Waals surface area contributed by atoms with Gasteiger partial charge in [-0.05, 0) is 52.8 Å². The van der Waals surface area contributed by atoms with Crippen LogP contribution in [-0.4, -0.2) is 55.3 Å². The van der Waals surface area contributed by atoms with Crippen LogP contribution in [-0.2, 0) is 9.31 Å². The van der Waals surface area contributed by atoms with Gasteiger partial charge >= 0.3 is 7.12 Å². The number of nitrogens with zero attached hydrogens (tertiary/aromatic N) is 1. The average Bonchev–Trinajstić information content (AvgIpc) is 3.12. The quantitative estimate of drug-likeness (QED) is 0.792. The van der Waals surface area contributed by atoms with E-state index in [1.807, 2.05) is 40.8 Å². The van der Waals surface area contributed by atoms with Crippen molar-refractivity contribution >= 4 is 42.5 Å². The van der Waals surface area contributed by atoms with Crippen molar-refractivity contribution in [2.45, 2.75) is 51.4 Å². The third kappa shape index (κ3) is 3.90. The Labute approximate surface area is 167 Å². The van der Waals surface area contributed by atoms with Gasteiger partial charge in [0.1, 0.15) is 0 Å². The summed E-state index contributed by atoms with van der Waals surface area (Å²) in [5, 5.41) is 3.77. The van der Waals surface area contributed by atoms with Gasteiger partial charge in [0.15, 0.2) is 0 Å². The highest BCUT2D eigenvalue weighted by Crippen LogP contribution is 2.37. The normalized spacial score (nSPS) is 23.6. The summed E-state index contributed by atoms with van der Waals surface area (Å²) in [6.45, 7) is 9.80. The second kappa shape index (κ2) is 7.68. The second-order valence-corrected chi connectivity index (χ2v) is 8.29. The predicted molar refractivity (Wildman–Crippen MR) is 108 cm³/mol. The molecule has 2 heterocycles. The first-order valence-corrected chi connectivity index (χ1v) is 9.13. The molecule has 0 radical (unpaired) electrons. The molecular weight excluding hydrogens is 374 g/mol. The number of hydrogen-bond acceptors (Lipinski definition) is 4. The molecule has 1 amide bonds. The molecule has 8 heteroatoms. The Morgan fingerprint density at radius 1 is 1.27 bits per heavy atom. The fourth-order valence-electron chi connectivity index (χ4n) is 3.16. The number of carbonyl (C=O) groups is 1. The van der Waals surface area contributed by atoms with Crippen LogP contribution in [0.1, 0.15) is 44.5 Å². The molecule has 0 aliphatic carbocycles. The van der Waals surface area contributed by atoms with Gasteiger partial charge in [-0.1, -0.05) is 17.7 Å². The third-order valence-corrected chi connectivity index (χ3v) is 5.98. The number of rotatable bonds is 3. The number of amides is 1. The summed E-state index contributed by atoms with van der Waals surface area (Å²) in [6, 6.07) is 5.57. The SMILES string of the molecule is CN(C(=O)c1ccc(B2OC(C)(C)C(C)(C)O2)c(Cl)c1)[C@@H]1CCNC1.Cl. The van der Waals surface area contributed by atoms with Crippen molar-refractivity contribution in [2.24, 2.45) is 0 Å². The molecule has 1 aromatic rings. The zero-order valence-corrected chi connectivity index (χ0v) is 17.5. The van der Waals surface area contributed by atoms with E-state index < -0.39 is 18.3 Å². The molecule has 0 bridgehead atoms. The molecule has 0 aromatic heterocycles. The van der Waals surface area contributed by atoms with E-state index in [1.165, 1.54) is 0 Å². The van der Waals surface area contributed by atoms with Gasteiger partial charge < -0.3 is 19.5 Å². The largest absolute Gasteiger partial charge is 0.496 e. The van der Waals surface area contributed by atoms with E-state index in [1.54, 1.807) is 17.0 Å². The van der Waals surface area contributed by atoms with E-state index >= 15 is 0 Å². The Kier molecular flexibility index (Phi) is 6.36. The molecule has 2 aliphatic heterocycles. The summed E-state index contributed by atoms with van der Waals surface area (Å²) in [4.78, 5) is 14.5. The zero-order chi connectivity index (χ0) is 18.4. The van der Waals surface area contributed by atoms with E-state index in [2.05, 4.69) is 5.32 Å². The second-order valence-electron chi connectivity index (χ2n) is 7.89. The molecule has 1 atom stereocenters. The molecule has 144 valence electrons. The van der Waals surface area contributed by atoms with Gasteiger partial charge in [-0.25, -0.2) is 0 Å². The lowest BCUT2D eigenvalue weighted by atomic mass is 9.78. The summed E-state index contributed by atoms with van der Waals surface area (Å²) in [5.74, 6) is -0.0175. The van der Waals surface area contributed by atoms with Gasteiger partial charge in [0.2, 0.25) is 0 Å². The average molecular weight is 401 g/mol. The van der Waals surface area contributed by atoms with Crippen LogP contribution in [0.2, 0.25) is 5.02 Å². The first-order chi connectivity index (χ1) is 11.6. The van der Waals surface area contributed by atoms with Gasteiger partial charge in [-0.2, -0.15) is 0 Å². The Bertz CT molecular complexity index is 662. The monoisotopic (exact) mass is 400 g/mol. The van der Waals surface area contributed by atoms with E-state index in [0.29, 0.717) is 10.6 Å². The number of hydrogen-bond donors (Lipinski definition) is 1. The van der Waals surface area contributed by atoms with E-state index in [0.717, 1.165) is 25.0 Å². The van der Waals surface area contributed by atoms with Crippen LogP contribution in [0, 0.1) is 0 Å². The minimum atomic E-state index is -0.529. The molecule has 3 rings (SSSR count). The standard InChI is InChI=1S/C18H26BClN2O3.ClH/c1-17(2)18(3,4)25-19(24-17)14-7-6-12(10-15(14)20)16(23)22(5)13-8-9-21-11-13;/h6-7,10,13,21H,8-9,11H2,1-5H3;1H/t13-;/m1./s1. The van der Waals surface area contributed by atoms with Gasteiger partial charge in [0, 0.05) is 35.7 Å². The van der Waals surface area contributed by atoms with Crippen LogP contribution in [0.5, 0.6) is 0 Å². The van der Waals surface area contributed by atoms with Crippen molar-refractivity contribution in [1.29, 1.82) is 0 Å². The van der Waals surface area contributed by atoms with E-state index in [-0.39, 0.29) is 24.4 Å². The van der Waals surface area contributed by atoms with Crippen molar-refractivity contribution in [2.75, 3.05) is 20.1 Å². The minimum Gasteiger partial charge on any atom is -0.399 e. The molecule has 1 N–H and O–H groups in total. The lowest BCUT2D eigenvalue weighted by Crippen LogP contribution is -2.41. The molecule has 5 nitrogen and oxygen atoms in total. The summed E-state index contributed by atoms with van der Waals surface area (Å²) in [6.07, 6.45) is 0.974. The van der Waals surface area contributed by atoms with Crippen LogP contribution < -0.4 is 10.8 Å². The topological polar surface area (TPSA) is 50.8 Å². The summed E-state index contributed by atoms with van der Waals surface area (Å²) < 4.78 is 12.1. The molecule has 2 fully saturated rings. The zero-order valence-electron chi connectivity index (χ0n) is 16.0. The maximum absolute atomic E-state index is 12.7. The highest BCUT2D eigenvalue weighted by molar-refractivity contribution is 6.65. The first-order valence-electron chi connectivity index (χ1n) is 8.75. The van der Waals surface area contributed by atoms with Gasteiger partial charge in [-0.3, -0.25) is 4.79 Å². The van der Waals surface area contributed by atoms with Crippen molar-refractivity contribution in [1.82, 2.24) is 10.2 Å². The van der Waals surface area contributed by atoms with Crippen molar-refractivity contribution in [3.63, 3.8) is 0 Å². The molecule has 2 saturated heterocycles. The van der Waals surface area contributed by atoms with E-state index in [9.17, 15) is 4.79 Å². The van der Waals surface area contributed by atoms with Crippen molar-refractivity contribution in [3.05, 3.63) is 28.8 Å². The fourth-order valence-corrected chi connectivity index (χ4v) is 3.43. The van der Waals surface area contributed by atoms with Crippen LogP contribution in [0.4, 0.5) is 0 Å². The predicted octanol–water partition coefficient (Wildman–Crippen LogP) is 2.49. The van der Waals surface area contributed by atoms with Crippen LogP contribution in [0.25, 0.3) is 0 Å². The molecule has 26 heavy (non-hydrogen) atoms. The number of carbonyl (C=O) groups excluding carboxylic acids is 1. The molecule has 2 aliphatic rings. The number of nitrogens with one attached hydrogen (secondary N) is 1. The van der Waals surface area contributed by atoms with Gasteiger partial charge in [0.25, 0.3) is 5.91 Å². The summed E-state index contributed by atoms with van der Waals surface area (Å²) in [7, 11) is 1.31. The smallest absolute Gasteiger partial charge is 0.399 e. The maximum Gasteiger partial charge on any atom is 0.496 e. The Morgan fingerprint density at radius 2 is 1.88 bits per heavy atom. The van der Waals surface area contributed by atoms with E-state index in [4.69, 9.17) is 20.9 Å². The van der Waals surface area contributed by atoms with Gasteiger partial charge in [0.05, 0.1) is 11.2 Å². The third-order valence-electron chi connectivity index (χ3n) is 5.66. The van der Waals surface area contributed by atoms with Crippen LogP contribution in [0.15, 0.2) is 18.2 Å². The molecule has 0 saturated carbocycles. The lowest BCUT2D eigenvalue weighted by Gasteiger charge is -2.32. The molecule has 0 spiro atoms. The first kappa shape index (κ1) is 21.5. The fraction of sp³-hybridized carbons (Fsp3) is 0.611. The van der Waals surface area contributed by atoms with Gasteiger partial charge in [-0.15, -0.1) is 12.4 Å². The van der Waals surface area contributed by atoms with Crippen LogP contribution >= 0.6 is 24.0 Å². The number of benzene rings is 1. The lowest BCUT2D eigenvalue weighted by molar-refractivity contribution is 0.00578. The molecular formula is C18H27BCl2N2O3. The Balaban J connectivity index is 0.00000243. The summed E-state index contributed by atoms with van der Waals surface area (Å²) in [5.41, 5.74) is 0.484. The maximum atomic E-state index is 12.7. The highest BCUT2D eigenvalue weighted by Gasteiger charge is 2.52. The summed E-state index contributed by atoms with van der Waals surface area (Å²) >= 11 is 6.46. The Morgan fingerprint density at radius 3 is 2.38 bits per heavy atom. The minimum absolute atomic E-state index is 0. The molecule has 0 unspecified atom stereocenters. The number of halogens is 2. The molecule has 1 aromatic carbocycles. The van der Waals surface area contributed by atoms with Crippen LogP contribution in [0.3, 0.4) is 0 Å². The highest BCUT2D eigenvalue weighted by atomic mass is 35.5. The van der Waals surface area contributed by atoms with Crippen molar-refractivity contribution in [3.8, 4) is 0 Å². The Hall–Kier alpha value is -0.785. The number of likely N-dealkylation sites (N-methyl/N-ethyl adjacent to an activating group) is 1. The van der Waals surface area contributed by atoms with Crippen molar-refractivity contribution < 1.29 is 14.1 Å².